The molecule has 0 aromatic rings. The molecular formula is C22H32O4. The number of hydrogen-bond acceptors (Lipinski definition) is 4. The Morgan fingerprint density at radius 2 is 1.81 bits per heavy atom. The van der Waals surface area contributed by atoms with E-state index in [1.54, 1.807) is 0 Å². The third-order valence-electron chi connectivity index (χ3n) is 6.62. The fourth-order valence-electron chi connectivity index (χ4n) is 5.06. The minimum Gasteiger partial charge on any atom is -0.343 e. The molecule has 1 aliphatic heterocycles. The molecule has 1 heterocycles. The van der Waals surface area contributed by atoms with Crippen molar-refractivity contribution in [2.75, 3.05) is 0 Å². The van der Waals surface area contributed by atoms with Crippen molar-refractivity contribution in [1.29, 1.82) is 0 Å². The molecule has 0 bridgehead atoms. The monoisotopic (exact) mass is 360 g/mol. The van der Waals surface area contributed by atoms with Crippen LogP contribution in [0.1, 0.15) is 73.6 Å². The van der Waals surface area contributed by atoms with Gasteiger partial charge in [0.25, 0.3) is 0 Å². The molecule has 2 aliphatic carbocycles. The van der Waals surface area contributed by atoms with Crippen molar-refractivity contribution in [3.8, 4) is 0 Å². The predicted molar refractivity (Wildman–Crippen MR) is 101 cm³/mol. The van der Waals surface area contributed by atoms with Gasteiger partial charge in [0, 0.05) is 17.3 Å². The van der Waals surface area contributed by atoms with Gasteiger partial charge in [0.1, 0.15) is 24.3 Å². The van der Waals surface area contributed by atoms with Gasteiger partial charge < -0.3 is 9.47 Å². The number of carbonyl (C=O) groups is 2. The Morgan fingerprint density at radius 3 is 2.46 bits per heavy atom. The third-order valence-corrected chi connectivity index (χ3v) is 6.62. The van der Waals surface area contributed by atoms with E-state index in [-0.39, 0.29) is 18.0 Å². The normalized spacial score (nSPS) is 36.8. The second-order valence-corrected chi connectivity index (χ2v) is 9.31. The summed E-state index contributed by atoms with van der Waals surface area (Å²) in [5.41, 5.74) is 2.12. The van der Waals surface area contributed by atoms with Gasteiger partial charge >= 0.3 is 0 Å². The van der Waals surface area contributed by atoms with Crippen LogP contribution in [0.15, 0.2) is 22.8 Å². The first-order valence-electron chi connectivity index (χ1n) is 9.78. The van der Waals surface area contributed by atoms with Crippen molar-refractivity contribution < 1.29 is 19.1 Å². The maximum absolute atomic E-state index is 12.7. The van der Waals surface area contributed by atoms with Crippen molar-refractivity contribution in [3.05, 3.63) is 22.8 Å². The number of carbonyl (C=O) groups excluding carboxylic acids is 2. The van der Waals surface area contributed by atoms with Crippen LogP contribution in [0.4, 0.5) is 0 Å². The highest BCUT2D eigenvalue weighted by Crippen LogP contribution is 2.52. The van der Waals surface area contributed by atoms with E-state index in [9.17, 15) is 9.59 Å². The van der Waals surface area contributed by atoms with Gasteiger partial charge in [-0.05, 0) is 71.4 Å². The van der Waals surface area contributed by atoms with Crippen molar-refractivity contribution in [3.63, 3.8) is 0 Å². The number of ether oxygens (including phenoxy) is 2. The topological polar surface area (TPSA) is 52.6 Å². The van der Waals surface area contributed by atoms with E-state index in [2.05, 4.69) is 13.8 Å². The van der Waals surface area contributed by atoms with E-state index in [4.69, 9.17) is 9.47 Å². The van der Waals surface area contributed by atoms with Crippen LogP contribution in [0.25, 0.3) is 0 Å². The minimum atomic E-state index is -0.742. The zero-order valence-electron chi connectivity index (χ0n) is 17.0. The van der Waals surface area contributed by atoms with Crippen molar-refractivity contribution in [1.82, 2.24) is 0 Å². The lowest BCUT2D eigenvalue weighted by molar-refractivity contribution is -0.155. The second-order valence-electron chi connectivity index (χ2n) is 9.31. The summed E-state index contributed by atoms with van der Waals surface area (Å²) in [6.45, 7) is 12.1. The van der Waals surface area contributed by atoms with E-state index in [0.717, 1.165) is 43.1 Å². The summed E-state index contributed by atoms with van der Waals surface area (Å²) in [5, 5.41) is 0. The van der Waals surface area contributed by atoms with Gasteiger partial charge in [-0.1, -0.05) is 18.6 Å². The maximum atomic E-state index is 12.7. The quantitative estimate of drug-likeness (QED) is 0.548. The molecule has 0 unspecified atom stereocenters. The third kappa shape index (κ3) is 3.01. The number of aldehydes is 1. The highest BCUT2D eigenvalue weighted by Gasteiger charge is 2.56. The summed E-state index contributed by atoms with van der Waals surface area (Å²) >= 11 is 0. The molecule has 3 rings (SSSR count). The van der Waals surface area contributed by atoms with Gasteiger partial charge in [0.2, 0.25) is 0 Å². The number of allylic oxidation sites excluding steroid dienone is 2. The first-order chi connectivity index (χ1) is 12.0. The van der Waals surface area contributed by atoms with Crippen LogP contribution in [0.5, 0.6) is 0 Å². The average molecular weight is 360 g/mol. The van der Waals surface area contributed by atoms with Gasteiger partial charge in [0.05, 0.1) is 0 Å². The summed E-state index contributed by atoms with van der Waals surface area (Å²) < 4.78 is 12.8. The van der Waals surface area contributed by atoms with Crippen LogP contribution in [0.2, 0.25) is 0 Å². The highest BCUT2D eigenvalue weighted by atomic mass is 16.8. The number of rotatable bonds is 3. The molecule has 0 aromatic heterocycles. The first-order valence-corrected chi connectivity index (χ1v) is 9.78. The van der Waals surface area contributed by atoms with E-state index in [1.165, 1.54) is 5.57 Å². The molecule has 3 aliphatic rings. The molecule has 4 heteroatoms. The molecule has 0 spiro atoms. The molecule has 3 atom stereocenters. The van der Waals surface area contributed by atoms with Crippen LogP contribution in [-0.2, 0) is 19.1 Å². The molecule has 0 radical (unpaired) electrons. The molecule has 0 amide bonds. The smallest absolute Gasteiger partial charge is 0.164 e. The van der Waals surface area contributed by atoms with E-state index in [0.29, 0.717) is 6.42 Å². The fraction of sp³-hybridized carbons (Fsp3) is 0.727. The maximum Gasteiger partial charge on any atom is 0.164 e. The Labute approximate surface area is 157 Å². The van der Waals surface area contributed by atoms with Crippen molar-refractivity contribution >= 4 is 12.1 Å². The molecule has 144 valence electrons. The minimum absolute atomic E-state index is 0.255. The molecule has 1 fully saturated rings. The Bertz CT molecular complexity index is 682. The second kappa shape index (κ2) is 6.42. The summed E-state index contributed by atoms with van der Waals surface area (Å²) in [6.07, 6.45) is 6.64. The van der Waals surface area contributed by atoms with E-state index < -0.39 is 16.6 Å². The Kier molecular flexibility index (Phi) is 4.81. The van der Waals surface area contributed by atoms with E-state index in [1.807, 2.05) is 33.8 Å². The zero-order valence-corrected chi connectivity index (χ0v) is 17.0. The summed E-state index contributed by atoms with van der Waals surface area (Å²) in [7, 11) is 0. The van der Waals surface area contributed by atoms with Crippen LogP contribution in [0, 0.1) is 10.8 Å². The SMILES string of the molecule is CC1=C([C@H]2OC(C)(C)O[C@@H]2[C@]2(C)CCCC=C2C=O)C(C)(C)C(=O)CC1. The molecular weight excluding hydrogens is 328 g/mol. The van der Waals surface area contributed by atoms with Crippen molar-refractivity contribution in [2.45, 2.75) is 91.6 Å². The first kappa shape index (κ1) is 19.5. The average Bonchev–Trinajstić information content (AvgIpc) is 2.87. The molecule has 0 N–H and O–H groups in total. The summed E-state index contributed by atoms with van der Waals surface area (Å²) in [4.78, 5) is 24.5. The zero-order chi connectivity index (χ0) is 19.3. The molecule has 1 saturated heterocycles. The lowest BCUT2D eigenvalue weighted by Crippen LogP contribution is -2.47. The number of ketones is 1. The number of Topliss-reactive ketones (excluding diaryl/α,β-unsaturated/α-hetero) is 1. The van der Waals surface area contributed by atoms with Crippen molar-refractivity contribution in [2.24, 2.45) is 10.8 Å². The Balaban J connectivity index is 2.10. The summed E-state index contributed by atoms with van der Waals surface area (Å²) in [5.74, 6) is -0.488. The van der Waals surface area contributed by atoms with Gasteiger partial charge in [-0.15, -0.1) is 0 Å². The molecule has 26 heavy (non-hydrogen) atoms. The molecule has 0 saturated carbocycles. The highest BCUT2D eigenvalue weighted by molar-refractivity contribution is 5.89. The lowest BCUT2D eigenvalue weighted by Gasteiger charge is -2.43. The van der Waals surface area contributed by atoms with Gasteiger partial charge in [0.15, 0.2) is 5.79 Å². The van der Waals surface area contributed by atoms with Gasteiger partial charge in [-0.25, -0.2) is 0 Å². The van der Waals surface area contributed by atoms with E-state index >= 15 is 0 Å². The van der Waals surface area contributed by atoms with Crippen LogP contribution in [-0.4, -0.2) is 30.1 Å². The number of hydrogen-bond donors (Lipinski definition) is 0. The fourth-order valence-corrected chi connectivity index (χ4v) is 5.06. The summed E-state index contributed by atoms with van der Waals surface area (Å²) in [6, 6.07) is 0. The lowest BCUT2D eigenvalue weighted by atomic mass is 9.63. The molecule has 4 nitrogen and oxygen atoms in total. The Hall–Kier alpha value is -1.26. The van der Waals surface area contributed by atoms with Crippen LogP contribution >= 0.6 is 0 Å². The van der Waals surface area contributed by atoms with Gasteiger partial charge in [-0.3, -0.25) is 9.59 Å². The Morgan fingerprint density at radius 1 is 1.12 bits per heavy atom. The van der Waals surface area contributed by atoms with Crippen LogP contribution in [0.3, 0.4) is 0 Å². The molecule has 0 aromatic carbocycles. The van der Waals surface area contributed by atoms with Gasteiger partial charge in [-0.2, -0.15) is 0 Å². The predicted octanol–water partition coefficient (Wildman–Crippen LogP) is 4.53. The van der Waals surface area contributed by atoms with Crippen LogP contribution < -0.4 is 0 Å². The standard InChI is InChI=1S/C22H32O4/c1-14-10-11-16(24)20(2,3)17(14)18-19(26-21(4,5)25-18)22(6)12-8-7-9-15(22)13-23/h9,13,18-19H,7-8,10-12H2,1-6H3/t18-,19+,22-/m1/s1. The largest absolute Gasteiger partial charge is 0.343 e.